The summed E-state index contributed by atoms with van der Waals surface area (Å²) in [5, 5.41) is 0.800. The molecule has 2 heteroatoms. The lowest BCUT2D eigenvalue weighted by Crippen LogP contribution is -2.19. The van der Waals surface area contributed by atoms with Gasteiger partial charge in [-0.15, -0.1) is 0 Å². The van der Waals surface area contributed by atoms with E-state index in [9.17, 15) is 0 Å². The zero-order chi connectivity index (χ0) is 10.6. The Kier molecular flexibility index (Phi) is 4.43. The van der Waals surface area contributed by atoms with Gasteiger partial charge in [-0.2, -0.15) is 0 Å². The lowest BCUT2D eigenvalue weighted by Gasteiger charge is -2.13. The number of hydrogen-bond acceptors (Lipinski definition) is 1. The summed E-state index contributed by atoms with van der Waals surface area (Å²) in [6.45, 7) is 4.29. The molecule has 0 aliphatic rings. The fourth-order valence-corrected chi connectivity index (χ4v) is 1.87. The number of hydrogen-bond donors (Lipinski definition) is 1. The SMILES string of the molecule is CC(N)CC(C)Cc1ccc(Cl)cc1. The third kappa shape index (κ3) is 4.12. The van der Waals surface area contributed by atoms with Crippen molar-refractivity contribution in [2.75, 3.05) is 0 Å². The predicted octanol–water partition coefficient (Wildman–Crippen LogP) is 3.26. The maximum absolute atomic E-state index is 5.81. The molecule has 2 atom stereocenters. The summed E-state index contributed by atoms with van der Waals surface area (Å²) in [5.74, 6) is 0.635. The highest BCUT2D eigenvalue weighted by molar-refractivity contribution is 6.30. The molecule has 1 nitrogen and oxygen atoms in total. The van der Waals surface area contributed by atoms with Crippen molar-refractivity contribution >= 4 is 11.6 Å². The first-order valence-electron chi connectivity index (χ1n) is 5.08. The van der Waals surface area contributed by atoms with E-state index in [1.54, 1.807) is 0 Å². The molecule has 0 amide bonds. The summed E-state index contributed by atoms with van der Waals surface area (Å²) in [7, 11) is 0. The van der Waals surface area contributed by atoms with Crippen LogP contribution in [-0.2, 0) is 6.42 Å². The highest BCUT2D eigenvalue weighted by Crippen LogP contribution is 2.15. The summed E-state index contributed by atoms with van der Waals surface area (Å²) in [4.78, 5) is 0. The predicted molar refractivity (Wildman–Crippen MR) is 62.6 cm³/mol. The molecule has 0 bridgehead atoms. The average Bonchev–Trinajstić information content (AvgIpc) is 2.07. The lowest BCUT2D eigenvalue weighted by atomic mass is 9.95. The van der Waals surface area contributed by atoms with Crippen molar-refractivity contribution in [2.24, 2.45) is 11.7 Å². The van der Waals surface area contributed by atoms with E-state index in [1.165, 1.54) is 5.56 Å². The maximum atomic E-state index is 5.81. The molecule has 1 aromatic carbocycles. The van der Waals surface area contributed by atoms with E-state index in [-0.39, 0.29) is 6.04 Å². The molecule has 0 heterocycles. The van der Waals surface area contributed by atoms with Crippen LogP contribution in [0, 0.1) is 5.92 Å². The summed E-state index contributed by atoms with van der Waals surface area (Å²) < 4.78 is 0. The monoisotopic (exact) mass is 211 g/mol. The van der Waals surface area contributed by atoms with E-state index in [4.69, 9.17) is 17.3 Å². The first kappa shape index (κ1) is 11.5. The van der Waals surface area contributed by atoms with Crippen molar-refractivity contribution in [1.29, 1.82) is 0 Å². The van der Waals surface area contributed by atoms with Crippen LogP contribution in [0.1, 0.15) is 25.8 Å². The van der Waals surface area contributed by atoms with Gasteiger partial charge in [0.1, 0.15) is 0 Å². The molecule has 78 valence electrons. The Morgan fingerprint density at radius 3 is 2.29 bits per heavy atom. The van der Waals surface area contributed by atoms with Gasteiger partial charge in [0.15, 0.2) is 0 Å². The quantitative estimate of drug-likeness (QED) is 0.813. The van der Waals surface area contributed by atoms with E-state index >= 15 is 0 Å². The summed E-state index contributed by atoms with van der Waals surface area (Å²) in [6.07, 6.45) is 2.15. The molecule has 1 aromatic rings. The van der Waals surface area contributed by atoms with Crippen LogP contribution >= 0.6 is 11.6 Å². The minimum absolute atomic E-state index is 0.289. The van der Waals surface area contributed by atoms with Gasteiger partial charge in [-0.25, -0.2) is 0 Å². The molecule has 0 radical (unpaired) electrons. The second-order valence-electron chi connectivity index (χ2n) is 4.15. The van der Waals surface area contributed by atoms with Gasteiger partial charge in [0, 0.05) is 11.1 Å². The van der Waals surface area contributed by atoms with Crippen LogP contribution in [0.15, 0.2) is 24.3 Å². The van der Waals surface area contributed by atoms with E-state index in [1.807, 2.05) is 12.1 Å². The number of rotatable bonds is 4. The van der Waals surface area contributed by atoms with Crippen molar-refractivity contribution in [3.63, 3.8) is 0 Å². The smallest absolute Gasteiger partial charge is 0.0406 e. The van der Waals surface area contributed by atoms with Gasteiger partial charge in [0.2, 0.25) is 0 Å². The minimum Gasteiger partial charge on any atom is -0.328 e. The van der Waals surface area contributed by atoms with Crippen LogP contribution in [0.2, 0.25) is 5.02 Å². The number of benzene rings is 1. The molecule has 0 spiro atoms. The van der Waals surface area contributed by atoms with Gasteiger partial charge in [0.05, 0.1) is 0 Å². The van der Waals surface area contributed by atoms with E-state index in [0.29, 0.717) is 5.92 Å². The standard InChI is InChI=1S/C12H18ClN/c1-9(7-10(2)14)8-11-3-5-12(13)6-4-11/h3-6,9-10H,7-8,14H2,1-2H3. The second-order valence-corrected chi connectivity index (χ2v) is 4.59. The van der Waals surface area contributed by atoms with Crippen LogP contribution in [0.25, 0.3) is 0 Å². The van der Waals surface area contributed by atoms with E-state index < -0.39 is 0 Å². The number of nitrogens with two attached hydrogens (primary N) is 1. The second kappa shape index (κ2) is 5.38. The molecule has 2 unspecified atom stereocenters. The van der Waals surface area contributed by atoms with Crippen LogP contribution in [-0.4, -0.2) is 6.04 Å². The Bertz CT molecular complexity index is 266. The lowest BCUT2D eigenvalue weighted by molar-refractivity contribution is 0.480. The first-order chi connectivity index (χ1) is 6.58. The van der Waals surface area contributed by atoms with Gasteiger partial charge in [-0.1, -0.05) is 30.7 Å². The van der Waals surface area contributed by atoms with E-state index in [2.05, 4.69) is 26.0 Å². The Morgan fingerprint density at radius 1 is 1.21 bits per heavy atom. The molecule has 1 rings (SSSR count). The van der Waals surface area contributed by atoms with Crippen LogP contribution in [0.4, 0.5) is 0 Å². The minimum atomic E-state index is 0.289. The van der Waals surface area contributed by atoms with E-state index in [0.717, 1.165) is 17.9 Å². The maximum Gasteiger partial charge on any atom is 0.0406 e. The topological polar surface area (TPSA) is 26.0 Å². The third-order valence-corrected chi connectivity index (χ3v) is 2.52. The van der Waals surface area contributed by atoms with Crippen LogP contribution in [0.3, 0.4) is 0 Å². The van der Waals surface area contributed by atoms with Crippen LogP contribution < -0.4 is 5.73 Å². The average molecular weight is 212 g/mol. The molecule has 2 N–H and O–H groups in total. The summed E-state index contributed by atoms with van der Waals surface area (Å²) in [6, 6.07) is 8.34. The van der Waals surface area contributed by atoms with Gasteiger partial charge in [-0.3, -0.25) is 0 Å². The van der Waals surface area contributed by atoms with Crippen LogP contribution in [0.5, 0.6) is 0 Å². The summed E-state index contributed by atoms with van der Waals surface area (Å²) >= 11 is 5.81. The molecule has 0 aliphatic heterocycles. The Hall–Kier alpha value is -0.530. The molecular formula is C12H18ClN. The van der Waals surface area contributed by atoms with Crippen molar-refractivity contribution in [3.8, 4) is 0 Å². The largest absolute Gasteiger partial charge is 0.328 e. The molecular weight excluding hydrogens is 194 g/mol. The molecule has 14 heavy (non-hydrogen) atoms. The molecule has 0 fully saturated rings. The fraction of sp³-hybridized carbons (Fsp3) is 0.500. The number of halogens is 1. The third-order valence-electron chi connectivity index (χ3n) is 2.27. The summed E-state index contributed by atoms with van der Waals surface area (Å²) in [5.41, 5.74) is 7.09. The normalized spacial score (nSPS) is 15.1. The molecule has 0 aromatic heterocycles. The fourth-order valence-electron chi connectivity index (χ4n) is 1.74. The van der Waals surface area contributed by atoms with Gasteiger partial charge < -0.3 is 5.73 Å². The highest BCUT2D eigenvalue weighted by atomic mass is 35.5. The van der Waals surface area contributed by atoms with Gasteiger partial charge in [0.25, 0.3) is 0 Å². The Morgan fingerprint density at radius 2 is 1.79 bits per heavy atom. The van der Waals surface area contributed by atoms with Crippen molar-refractivity contribution in [3.05, 3.63) is 34.9 Å². The Balaban J connectivity index is 2.47. The van der Waals surface area contributed by atoms with Gasteiger partial charge in [-0.05, 0) is 43.4 Å². The molecule has 0 saturated carbocycles. The highest BCUT2D eigenvalue weighted by Gasteiger charge is 2.06. The molecule has 0 saturated heterocycles. The van der Waals surface area contributed by atoms with Crippen molar-refractivity contribution in [1.82, 2.24) is 0 Å². The zero-order valence-corrected chi connectivity index (χ0v) is 9.59. The molecule has 0 aliphatic carbocycles. The zero-order valence-electron chi connectivity index (χ0n) is 8.83. The van der Waals surface area contributed by atoms with Crippen molar-refractivity contribution in [2.45, 2.75) is 32.7 Å². The first-order valence-corrected chi connectivity index (χ1v) is 5.45. The van der Waals surface area contributed by atoms with Crippen molar-refractivity contribution < 1.29 is 0 Å². The van der Waals surface area contributed by atoms with Gasteiger partial charge >= 0.3 is 0 Å². The Labute approximate surface area is 91.3 Å².